The average molecular weight is 365 g/mol. The molecular weight excluding hydrogens is 344 g/mol. The molecule has 1 atom stereocenters. The summed E-state index contributed by atoms with van der Waals surface area (Å²) in [6.07, 6.45) is 2.21. The number of amides is 1. The van der Waals surface area contributed by atoms with Crippen LogP contribution >= 0.6 is 23.4 Å². The number of aromatic nitrogens is 3. The predicted molar refractivity (Wildman–Crippen MR) is 97.3 cm³/mol. The van der Waals surface area contributed by atoms with Crippen LogP contribution in [0.15, 0.2) is 29.4 Å². The van der Waals surface area contributed by atoms with Gasteiger partial charge in [-0.05, 0) is 51.0 Å². The van der Waals surface area contributed by atoms with Crippen LogP contribution < -0.4 is 0 Å². The summed E-state index contributed by atoms with van der Waals surface area (Å²) in [5.74, 6) is 0.994. The lowest BCUT2D eigenvalue weighted by Gasteiger charge is -2.19. The Balaban J connectivity index is 1.78. The second kappa shape index (κ2) is 7.57. The normalized spacial score (nSPS) is 15.7. The van der Waals surface area contributed by atoms with Crippen LogP contribution in [0.1, 0.15) is 26.7 Å². The van der Waals surface area contributed by atoms with Crippen LogP contribution in [0.2, 0.25) is 5.02 Å². The van der Waals surface area contributed by atoms with E-state index in [0.29, 0.717) is 5.02 Å². The van der Waals surface area contributed by atoms with Gasteiger partial charge in [0.25, 0.3) is 0 Å². The number of likely N-dealkylation sites (tertiary alicyclic amines) is 1. The van der Waals surface area contributed by atoms with Gasteiger partial charge < -0.3 is 9.47 Å². The summed E-state index contributed by atoms with van der Waals surface area (Å²) in [5.41, 5.74) is 0.971. The summed E-state index contributed by atoms with van der Waals surface area (Å²) >= 11 is 7.44. The lowest BCUT2D eigenvalue weighted by Crippen LogP contribution is -2.34. The van der Waals surface area contributed by atoms with E-state index in [1.54, 1.807) is 0 Å². The largest absolute Gasteiger partial charge is 0.342 e. The van der Waals surface area contributed by atoms with Gasteiger partial charge in [0.15, 0.2) is 11.0 Å². The minimum absolute atomic E-state index is 0.157. The minimum Gasteiger partial charge on any atom is -0.342 e. The third-order valence-corrected chi connectivity index (χ3v) is 5.50. The molecule has 1 amide bonds. The van der Waals surface area contributed by atoms with E-state index in [9.17, 15) is 4.79 Å². The van der Waals surface area contributed by atoms with Crippen molar-refractivity contribution in [3.63, 3.8) is 0 Å². The Hall–Kier alpha value is -1.53. The summed E-state index contributed by atoms with van der Waals surface area (Å²) in [4.78, 5) is 14.4. The number of halogens is 1. The first-order valence-electron chi connectivity index (χ1n) is 8.24. The molecule has 1 fully saturated rings. The van der Waals surface area contributed by atoms with Gasteiger partial charge in [-0.15, -0.1) is 10.2 Å². The Morgan fingerprint density at radius 3 is 2.54 bits per heavy atom. The highest BCUT2D eigenvalue weighted by Crippen LogP contribution is 2.28. The highest BCUT2D eigenvalue weighted by atomic mass is 35.5. The molecule has 0 N–H and O–H groups in total. The minimum atomic E-state index is -0.157. The molecule has 2 aromatic rings. The zero-order valence-corrected chi connectivity index (χ0v) is 15.5. The molecule has 5 nitrogen and oxygen atoms in total. The molecule has 24 heavy (non-hydrogen) atoms. The monoisotopic (exact) mass is 364 g/mol. The van der Waals surface area contributed by atoms with Gasteiger partial charge >= 0.3 is 0 Å². The fourth-order valence-electron chi connectivity index (χ4n) is 2.88. The molecule has 0 radical (unpaired) electrons. The van der Waals surface area contributed by atoms with E-state index >= 15 is 0 Å². The van der Waals surface area contributed by atoms with E-state index in [2.05, 4.69) is 17.1 Å². The summed E-state index contributed by atoms with van der Waals surface area (Å²) in [7, 11) is 0. The number of carbonyl (C=O) groups excluding carboxylic acids is 1. The van der Waals surface area contributed by atoms with Crippen molar-refractivity contribution in [2.75, 3.05) is 13.1 Å². The molecule has 1 aromatic carbocycles. The fraction of sp³-hybridized carbons (Fsp3) is 0.471. The topological polar surface area (TPSA) is 51.0 Å². The third-order valence-electron chi connectivity index (χ3n) is 4.18. The van der Waals surface area contributed by atoms with Crippen molar-refractivity contribution in [2.24, 2.45) is 0 Å². The zero-order chi connectivity index (χ0) is 17.1. The van der Waals surface area contributed by atoms with Crippen LogP contribution in [-0.2, 0) is 11.3 Å². The van der Waals surface area contributed by atoms with Crippen LogP contribution in [-0.4, -0.2) is 43.9 Å². The van der Waals surface area contributed by atoms with Gasteiger partial charge in [-0.3, -0.25) is 4.79 Å². The molecule has 1 aliphatic heterocycles. The van der Waals surface area contributed by atoms with Crippen molar-refractivity contribution < 1.29 is 4.79 Å². The second-order valence-corrected chi connectivity index (χ2v) is 7.59. The Morgan fingerprint density at radius 1 is 1.25 bits per heavy atom. The standard InChI is InChI=1S/C17H21ClN4OS/c1-3-22-15(13-6-8-14(18)9-7-13)19-20-17(22)24-12(2)16(23)21-10-4-5-11-21/h6-9,12H,3-5,10-11H2,1-2H3/t12-/m0/s1. The molecule has 2 heterocycles. The fourth-order valence-corrected chi connectivity index (χ4v) is 4.00. The number of benzene rings is 1. The van der Waals surface area contributed by atoms with Crippen molar-refractivity contribution in [1.82, 2.24) is 19.7 Å². The Kier molecular flexibility index (Phi) is 5.46. The average Bonchev–Trinajstić information content (AvgIpc) is 3.24. The maximum Gasteiger partial charge on any atom is 0.235 e. The van der Waals surface area contributed by atoms with E-state index < -0.39 is 0 Å². The first-order valence-corrected chi connectivity index (χ1v) is 9.50. The second-order valence-electron chi connectivity index (χ2n) is 5.85. The van der Waals surface area contributed by atoms with E-state index in [0.717, 1.165) is 49.0 Å². The summed E-state index contributed by atoms with van der Waals surface area (Å²) < 4.78 is 2.04. The molecular formula is C17H21ClN4OS. The number of rotatable bonds is 5. The summed E-state index contributed by atoms with van der Waals surface area (Å²) in [6.45, 7) is 6.50. The first-order chi connectivity index (χ1) is 11.6. The van der Waals surface area contributed by atoms with Gasteiger partial charge in [0.2, 0.25) is 5.91 Å². The summed E-state index contributed by atoms with van der Waals surface area (Å²) in [6, 6.07) is 7.56. The van der Waals surface area contributed by atoms with Crippen LogP contribution in [0.25, 0.3) is 11.4 Å². The number of thioether (sulfide) groups is 1. The molecule has 3 rings (SSSR count). The maximum absolute atomic E-state index is 12.5. The van der Waals surface area contributed by atoms with Crippen molar-refractivity contribution in [1.29, 1.82) is 0 Å². The highest BCUT2D eigenvalue weighted by molar-refractivity contribution is 8.00. The Labute approximate surface area is 151 Å². The number of hydrogen-bond donors (Lipinski definition) is 0. The van der Waals surface area contributed by atoms with Crippen molar-refractivity contribution in [2.45, 2.75) is 43.6 Å². The highest BCUT2D eigenvalue weighted by Gasteiger charge is 2.26. The van der Waals surface area contributed by atoms with E-state index in [1.165, 1.54) is 11.8 Å². The van der Waals surface area contributed by atoms with E-state index in [1.807, 2.05) is 40.7 Å². The van der Waals surface area contributed by atoms with Crippen molar-refractivity contribution >= 4 is 29.3 Å². The maximum atomic E-state index is 12.5. The van der Waals surface area contributed by atoms with Gasteiger partial charge in [-0.25, -0.2) is 0 Å². The van der Waals surface area contributed by atoms with Crippen LogP contribution in [0.3, 0.4) is 0 Å². The number of carbonyl (C=O) groups is 1. The van der Waals surface area contributed by atoms with Gasteiger partial charge in [0.05, 0.1) is 5.25 Å². The molecule has 7 heteroatoms. The zero-order valence-electron chi connectivity index (χ0n) is 13.9. The molecule has 0 unspecified atom stereocenters. The lowest BCUT2D eigenvalue weighted by atomic mass is 10.2. The molecule has 0 spiro atoms. The van der Waals surface area contributed by atoms with Gasteiger partial charge in [-0.2, -0.15) is 0 Å². The molecule has 0 bridgehead atoms. The van der Waals surface area contributed by atoms with E-state index in [-0.39, 0.29) is 11.2 Å². The predicted octanol–water partition coefficient (Wildman–Crippen LogP) is 3.72. The van der Waals surface area contributed by atoms with Gasteiger partial charge in [0, 0.05) is 30.2 Å². The Bertz CT molecular complexity index is 710. The first kappa shape index (κ1) is 17.3. The molecule has 1 aliphatic rings. The Morgan fingerprint density at radius 2 is 1.92 bits per heavy atom. The third kappa shape index (κ3) is 3.59. The number of hydrogen-bond acceptors (Lipinski definition) is 4. The smallest absolute Gasteiger partial charge is 0.235 e. The van der Waals surface area contributed by atoms with Crippen LogP contribution in [0.4, 0.5) is 0 Å². The lowest BCUT2D eigenvalue weighted by molar-refractivity contribution is -0.129. The van der Waals surface area contributed by atoms with Crippen molar-refractivity contribution in [3.8, 4) is 11.4 Å². The molecule has 1 saturated heterocycles. The van der Waals surface area contributed by atoms with E-state index in [4.69, 9.17) is 11.6 Å². The van der Waals surface area contributed by atoms with Crippen LogP contribution in [0, 0.1) is 0 Å². The van der Waals surface area contributed by atoms with Crippen molar-refractivity contribution in [3.05, 3.63) is 29.3 Å². The molecule has 1 aromatic heterocycles. The van der Waals surface area contributed by atoms with Gasteiger partial charge in [0.1, 0.15) is 0 Å². The molecule has 0 aliphatic carbocycles. The summed E-state index contributed by atoms with van der Waals surface area (Å²) in [5, 5.41) is 9.95. The van der Waals surface area contributed by atoms with Crippen LogP contribution in [0.5, 0.6) is 0 Å². The molecule has 128 valence electrons. The number of nitrogens with zero attached hydrogens (tertiary/aromatic N) is 4. The molecule has 0 saturated carbocycles. The quantitative estimate of drug-likeness (QED) is 0.759. The SMILES string of the molecule is CCn1c(S[C@@H](C)C(=O)N2CCCC2)nnc1-c1ccc(Cl)cc1. The van der Waals surface area contributed by atoms with Gasteiger partial charge in [-0.1, -0.05) is 23.4 Å².